The molecule has 0 aliphatic rings. The molecule has 0 bridgehead atoms. The molecule has 0 aromatic carbocycles. The first-order chi connectivity index (χ1) is 52.1. The second-order valence-corrected chi connectivity index (χ2v) is 34.8. The molecule has 0 heterocycles. The minimum atomic E-state index is -4.97. The maximum absolute atomic E-state index is 13.2. The molecule has 0 aromatic heterocycles. The van der Waals surface area contributed by atoms with Crippen LogP contribution >= 0.6 is 15.6 Å². The molecule has 19 heteroatoms. The summed E-state index contributed by atoms with van der Waals surface area (Å²) in [7, 11) is -9.93. The second kappa shape index (κ2) is 80.7. The summed E-state index contributed by atoms with van der Waals surface area (Å²) in [4.78, 5) is 73.3. The monoisotopic (exact) mass is 1560 g/mol. The molecule has 0 aromatic rings. The van der Waals surface area contributed by atoms with Gasteiger partial charge in [-0.2, -0.15) is 0 Å². The zero-order valence-electron chi connectivity index (χ0n) is 70.3. The molecule has 107 heavy (non-hydrogen) atoms. The summed E-state index contributed by atoms with van der Waals surface area (Å²) in [5.41, 5.74) is 0. The number of carbonyl (C=O) groups excluding carboxylic acids is 4. The van der Waals surface area contributed by atoms with Crippen molar-refractivity contribution in [1.82, 2.24) is 0 Å². The van der Waals surface area contributed by atoms with E-state index in [1.54, 1.807) is 0 Å². The Bertz CT molecular complexity index is 2030. The average molecular weight is 1560 g/mol. The Morgan fingerprint density at radius 3 is 0.664 bits per heavy atom. The van der Waals surface area contributed by atoms with Gasteiger partial charge in [-0.15, -0.1) is 0 Å². The van der Waals surface area contributed by atoms with E-state index in [4.69, 9.17) is 37.0 Å². The third kappa shape index (κ3) is 80.5. The van der Waals surface area contributed by atoms with E-state index in [-0.39, 0.29) is 25.7 Å². The first-order valence-corrected chi connectivity index (χ1v) is 48.7. The molecule has 0 saturated carbocycles. The number of unbranched alkanes of at least 4 members (excludes halogenated alkanes) is 59. The molecule has 3 N–H and O–H groups in total. The second-order valence-electron chi connectivity index (χ2n) is 31.9. The number of phosphoric ester groups is 2. The van der Waals surface area contributed by atoms with Crippen LogP contribution in [-0.2, 0) is 65.4 Å². The van der Waals surface area contributed by atoms with Gasteiger partial charge in [0.25, 0.3) is 0 Å². The lowest BCUT2D eigenvalue weighted by atomic mass is 9.99. The number of ether oxygens (including phenoxy) is 4. The molecule has 0 radical (unpaired) electrons. The van der Waals surface area contributed by atoms with E-state index in [0.29, 0.717) is 25.7 Å². The van der Waals surface area contributed by atoms with Gasteiger partial charge in [-0.25, -0.2) is 9.13 Å². The van der Waals surface area contributed by atoms with Crippen molar-refractivity contribution in [3.63, 3.8) is 0 Å². The minimum absolute atomic E-state index is 0.108. The van der Waals surface area contributed by atoms with E-state index in [1.807, 2.05) is 0 Å². The van der Waals surface area contributed by atoms with E-state index < -0.39 is 97.5 Å². The molecule has 3 unspecified atom stereocenters. The fourth-order valence-corrected chi connectivity index (χ4v) is 15.4. The number of aliphatic hydroxyl groups is 1. The molecular formula is C88H172O17P2. The third-order valence-corrected chi connectivity index (χ3v) is 23.0. The van der Waals surface area contributed by atoms with E-state index in [9.17, 15) is 43.2 Å². The van der Waals surface area contributed by atoms with Crippen LogP contribution in [0.3, 0.4) is 0 Å². The highest BCUT2D eigenvalue weighted by Gasteiger charge is 2.30. The molecule has 0 saturated heterocycles. The largest absolute Gasteiger partial charge is 0.472 e. The highest BCUT2D eigenvalue weighted by molar-refractivity contribution is 7.47. The van der Waals surface area contributed by atoms with Crippen LogP contribution in [0.5, 0.6) is 0 Å². The standard InChI is InChI=1S/C88H172O17P2/c1-6-10-13-16-19-22-25-28-30-32-34-36-38-40-42-45-47-50-56-61-66-71-85(90)98-77-83(104-88(93)74-69-64-59-52-49-46-43-41-39-37-35-33-31-29-26-23-20-17-14-11-7-2)79-102-106(94,95)100-75-82(89)76-101-107(96,97)103-80-84(78-99-86(91)72-67-62-57-54-53-55-60-65-70-81(5)9-4)105-87(92)73-68-63-58-51-48-44-27-24-21-18-15-12-8-3/h81-84,89H,6-80H2,1-5H3,(H,94,95)(H,96,97)/t81?,82-,83-,84-/m1/s1. The minimum Gasteiger partial charge on any atom is -0.462 e. The third-order valence-electron chi connectivity index (χ3n) is 21.1. The Hall–Kier alpha value is -1.94. The summed E-state index contributed by atoms with van der Waals surface area (Å²) in [6.07, 6.45) is 75.1. The van der Waals surface area contributed by atoms with E-state index in [0.717, 1.165) is 95.8 Å². The van der Waals surface area contributed by atoms with Crippen molar-refractivity contribution in [3.05, 3.63) is 0 Å². The van der Waals surface area contributed by atoms with Crippen molar-refractivity contribution in [3.8, 4) is 0 Å². The maximum Gasteiger partial charge on any atom is 0.472 e. The summed E-state index contributed by atoms with van der Waals surface area (Å²) in [5, 5.41) is 10.7. The van der Waals surface area contributed by atoms with Crippen LogP contribution in [0.15, 0.2) is 0 Å². The summed E-state index contributed by atoms with van der Waals surface area (Å²) in [6.45, 7) is 7.37. The molecule has 0 spiro atoms. The summed E-state index contributed by atoms with van der Waals surface area (Å²) >= 11 is 0. The molecule has 0 aliphatic heterocycles. The van der Waals surface area contributed by atoms with E-state index in [2.05, 4.69) is 34.6 Å². The Balaban J connectivity index is 5.22. The van der Waals surface area contributed by atoms with Crippen molar-refractivity contribution in [2.24, 2.45) is 5.92 Å². The molecule has 6 atom stereocenters. The van der Waals surface area contributed by atoms with Crippen molar-refractivity contribution in [2.45, 2.75) is 496 Å². The van der Waals surface area contributed by atoms with Crippen molar-refractivity contribution in [2.75, 3.05) is 39.6 Å². The Morgan fingerprint density at radius 1 is 0.262 bits per heavy atom. The van der Waals surface area contributed by atoms with Crippen LogP contribution in [0.4, 0.5) is 0 Å². The van der Waals surface area contributed by atoms with Gasteiger partial charge in [-0.3, -0.25) is 37.3 Å². The number of carbonyl (C=O) groups is 4. The van der Waals surface area contributed by atoms with Gasteiger partial charge in [-0.05, 0) is 31.6 Å². The molecule has 0 rings (SSSR count). The average Bonchev–Trinajstić information content (AvgIpc) is 0.901. The van der Waals surface area contributed by atoms with Crippen LogP contribution in [-0.4, -0.2) is 96.7 Å². The Kier molecular flexibility index (Phi) is 79.2. The fraction of sp³-hybridized carbons (Fsp3) is 0.955. The predicted octanol–water partition coefficient (Wildman–Crippen LogP) is 27.2. The van der Waals surface area contributed by atoms with Crippen LogP contribution in [0, 0.1) is 5.92 Å². The van der Waals surface area contributed by atoms with Crippen LogP contribution < -0.4 is 0 Å². The van der Waals surface area contributed by atoms with Gasteiger partial charge in [0.2, 0.25) is 0 Å². The fourth-order valence-electron chi connectivity index (χ4n) is 13.8. The molecule has 0 fully saturated rings. The topological polar surface area (TPSA) is 237 Å². The lowest BCUT2D eigenvalue weighted by Crippen LogP contribution is -2.30. The molecular weight excluding hydrogens is 1390 g/mol. The molecule has 0 aliphatic carbocycles. The number of hydrogen-bond donors (Lipinski definition) is 3. The summed E-state index contributed by atoms with van der Waals surface area (Å²) in [6, 6.07) is 0. The molecule has 17 nitrogen and oxygen atoms in total. The normalized spacial score (nSPS) is 14.0. The van der Waals surface area contributed by atoms with Gasteiger partial charge in [0.1, 0.15) is 19.3 Å². The lowest BCUT2D eigenvalue weighted by Gasteiger charge is -2.21. The van der Waals surface area contributed by atoms with Gasteiger partial charge in [0.15, 0.2) is 12.2 Å². The zero-order chi connectivity index (χ0) is 78.3. The van der Waals surface area contributed by atoms with Gasteiger partial charge in [-0.1, -0.05) is 426 Å². The predicted molar refractivity (Wildman–Crippen MR) is 442 cm³/mol. The molecule has 0 amide bonds. The first kappa shape index (κ1) is 105. The van der Waals surface area contributed by atoms with Crippen molar-refractivity contribution in [1.29, 1.82) is 0 Å². The Morgan fingerprint density at radius 2 is 0.449 bits per heavy atom. The summed E-state index contributed by atoms with van der Waals surface area (Å²) in [5.74, 6) is -1.32. The maximum atomic E-state index is 13.2. The SMILES string of the molecule is CCCCCCCCCCCCCCCCCCCCCCCC(=O)OC[C@H](COP(=O)(O)OC[C@@H](O)COP(=O)(O)OC[C@@H](COC(=O)CCCCCCCCCCC(C)CC)OC(=O)CCCCCCCCCCCCCCC)OC(=O)CCCCCCCCCCCCCCCCCCCCCCC. The van der Waals surface area contributed by atoms with E-state index in [1.165, 1.54) is 302 Å². The highest BCUT2D eigenvalue weighted by atomic mass is 31.2. The number of rotatable bonds is 88. The number of phosphoric acid groups is 2. The van der Waals surface area contributed by atoms with Crippen LogP contribution in [0.1, 0.15) is 478 Å². The Labute approximate surface area is 658 Å². The van der Waals surface area contributed by atoms with E-state index >= 15 is 0 Å². The quantitative estimate of drug-likeness (QED) is 0.0222. The summed E-state index contributed by atoms with van der Waals surface area (Å²) < 4.78 is 69.0. The lowest BCUT2D eigenvalue weighted by molar-refractivity contribution is -0.161. The number of esters is 4. The van der Waals surface area contributed by atoms with Crippen molar-refractivity contribution < 1.29 is 80.2 Å². The van der Waals surface area contributed by atoms with Gasteiger partial charge in [0, 0.05) is 25.7 Å². The number of aliphatic hydroxyl groups excluding tert-OH is 1. The smallest absolute Gasteiger partial charge is 0.462 e. The van der Waals surface area contributed by atoms with Gasteiger partial charge in [0.05, 0.1) is 26.4 Å². The first-order valence-electron chi connectivity index (χ1n) is 45.7. The van der Waals surface area contributed by atoms with Crippen molar-refractivity contribution >= 4 is 39.5 Å². The van der Waals surface area contributed by atoms with Crippen LogP contribution in [0.2, 0.25) is 0 Å². The van der Waals surface area contributed by atoms with Gasteiger partial charge >= 0.3 is 39.5 Å². The molecule has 636 valence electrons. The van der Waals surface area contributed by atoms with Crippen LogP contribution in [0.25, 0.3) is 0 Å². The number of hydrogen-bond acceptors (Lipinski definition) is 15. The van der Waals surface area contributed by atoms with Gasteiger partial charge < -0.3 is 33.8 Å². The highest BCUT2D eigenvalue weighted by Crippen LogP contribution is 2.45. The zero-order valence-corrected chi connectivity index (χ0v) is 72.1.